The van der Waals surface area contributed by atoms with Crippen LogP contribution in [0.25, 0.3) is 0 Å². The Labute approximate surface area is 125 Å². The molecular weight excluding hydrogens is 271 g/mol. The van der Waals surface area contributed by atoms with Crippen molar-refractivity contribution >= 4 is 5.91 Å². The maximum atomic E-state index is 13.9. The molecule has 118 valence electrons. The van der Waals surface area contributed by atoms with Gasteiger partial charge in [-0.05, 0) is 37.8 Å². The van der Waals surface area contributed by atoms with E-state index in [1.54, 1.807) is 19.1 Å². The van der Waals surface area contributed by atoms with E-state index >= 15 is 0 Å². The molecular formula is C16H25FN2O2. The highest BCUT2D eigenvalue weighted by atomic mass is 19.1. The molecule has 0 saturated heterocycles. The summed E-state index contributed by atoms with van der Waals surface area (Å²) in [5, 5.41) is 2.77. The Balaban J connectivity index is 2.79. The zero-order chi connectivity index (χ0) is 16.0. The molecule has 0 heterocycles. The number of carbonyl (C=O) groups excluding carboxylic acids is 1. The van der Waals surface area contributed by atoms with E-state index in [0.29, 0.717) is 24.4 Å². The van der Waals surface area contributed by atoms with Gasteiger partial charge in [-0.2, -0.15) is 0 Å². The Morgan fingerprint density at radius 1 is 1.33 bits per heavy atom. The molecule has 2 atom stereocenters. The number of rotatable bonds is 7. The van der Waals surface area contributed by atoms with Gasteiger partial charge in [0.15, 0.2) is 17.7 Å². The molecule has 0 radical (unpaired) electrons. The Bertz CT molecular complexity index is 475. The fraction of sp³-hybridized carbons (Fsp3) is 0.562. The first-order valence-corrected chi connectivity index (χ1v) is 7.28. The number of nitrogens with two attached hydrogens (primary N) is 1. The van der Waals surface area contributed by atoms with Crippen LogP contribution in [0.1, 0.15) is 33.3 Å². The van der Waals surface area contributed by atoms with Crippen LogP contribution >= 0.6 is 0 Å². The summed E-state index contributed by atoms with van der Waals surface area (Å²) in [7, 11) is 0. The predicted octanol–water partition coefficient (Wildman–Crippen LogP) is 2.25. The molecule has 0 bridgehead atoms. The number of hydrogen-bond acceptors (Lipinski definition) is 3. The molecule has 0 aliphatic heterocycles. The quantitative estimate of drug-likeness (QED) is 0.811. The minimum Gasteiger partial charge on any atom is -0.478 e. The van der Waals surface area contributed by atoms with E-state index < -0.39 is 11.9 Å². The van der Waals surface area contributed by atoms with Crippen molar-refractivity contribution in [3.63, 3.8) is 0 Å². The van der Waals surface area contributed by atoms with Gasteiger partial charge in [-0.15, -0.1) is 0 Å². The predicted molar refractivity (Wildman–Crippen MR) is 81.7 cm³/mol. The van der Waals surface area contributed by atoms with Crippen molar-refractivity contribution in [2.45, 2.75) is 46.3 Å². The van der Waals surface area contributed by atoms with Crippen LogP contribution in [0.2, 0.25) is 0 Å². The highest BCUT2D eigenvalue weighted by Crippen LogP contribution is 2.25. The van der Waals surface area contributed by atoms with E-state index in [2.05, 4.69) is 5.32 Å². The van der Waals surface area contributed by atoms with Gasteiger partial charge in [-0.25, -0.2) is 4.39 Å². The molecule has 1 amide bonds. The summed E-state index contributed by atoms with van der Waals surface area (Å²) in [6.45, 7) is 8.02. The summed E-state index contributed by atoms with van der Waals surface area (Å²) in [4.78, 5) is 11.9. The molecule has 5 heteroatoms. The van der Waals surface area contributed by atoms with Crippen molar-refractivity contribution in [3.8, 4) is 5.75 Å². The smallest absolute Gasteiger partial charge is 0.260 e. The lowest BCUT2D eigenvalue weighted by atomic mass is 10.1. The highest BCUT2D eigenvalue weighted by Gasteiger charge is 2.19. The number of halogens is 1. The third-order valence-corrected chi connectivity index (χ3v) is 2.94. The van der Waals surface area contributed by atoms with Gasteiger partial charge in [-0.3, -0.25) is 4.79 Å². The van der Waals surface area contributed by atoms with Crippen LogP contribution in [0, 0.1) is 11.7 Å². The molecule has 0 spiro atoms. The van der Waals surface area contributed by atoms with Crippen molar-refractivity contribution in [1.29, 1.82) is 0 Å². The normalized spacial score (nSPS) is 13.9. The van der Waals surface area contributed by atoms with Gasteiger partial charge in [-0.1, -0.05) is 26.0 Å². The van der Waals surface area contributed by atoms with Crippen molar-refractivity contribution in [2.24, 2.45) is 11.7 Å². The zero-order valence-corrected chi connectivity index (χ0v) is 13.2. The second-order valence-electron chi connectivity index (χ2n) is 5.81. The van der Waals surface area contributed by atoms with Crippen LogP contribution in [0.5, 0.6) is 5.75 Å². The Kier molecular flexibility index (Phi) is 6.62. The van der Waals surface area contributed by atoms with E-state index in [1.165, 1.54) is 6.07 Å². The van der Waals surface area contributed by atoms with Crippen molar-refractivity contribution in [3.05, 3.63) is 29.6 Å². The molecule has 0 fully saturated rings. The van der Waals surface area contributed by atoms with Crippen LogP contribution in [0.4, 0.5) is 4.39 Å². The third-order valence-electron chi connectivity index (χ3n) is 2.94. The first kappa shape index (κ1) is 17.4. The monoisotopic (exact) mass is 296 g/mol. The van der Waals surface area contributed by atoms with Gasteiger partial charge in [0.1, 0.15) is 0 Å². The second kappa shape index (κ2) is 7.98. The molecule has 3 N–H and O–H groups in total. The standard InChI is InChI=1S/C16H25FN2O2/c1-10(2)9-19-16(20)12(4)21-15-13(8-11(3)18)6-5-7-14(15)17/h5-7,10-12H,8-9,18H2,1-4H3,(H,19,20). The minimum absolute atomic E-state index is 0.112. The molecule has 4 nitrogen and oxygen atoms in total. The Morgan fingerprint density at radius 2 is 2.00 bits per heavy atom. The first-order valence-electron chi connectivity index (χ1n) is 7.28. The van der Waals surface area contributed by atoms with E-state index in [9.17, 15) is 9.18 Å². The largest absolute Gasteiger partial charge is 0.478 e. The minimum atomic E-state index is -0.757. The molecule has 0 aliphatic carbocycles. The number of carbonyl (C=O) groups is 1. The van der Waals surface area contributed by atoms with Crippen LogP contribution in [-0.4, -0.2) is 24.6 Å². The van der Waals surface area contributed by atoms with Gasteiger partial charge in [0.25, 0.3) is 5.91 Å². The molecule has 0 aromatic heterocycles. The summed E-state index contributed by atoms with van der Waals surface area (Å²) < 4.78 is 19.5. The van der Waals surface area contributed by atoms with Crippen LogP contribution in [0.3, 0.4) is 0 Å². The fourth-order valence-corrected chi connectivity index (χ4v) is 1.87. The van der Waals surface area contributed by atoms with Crippen molar-refractivity contribution in [1.82, 2.24) is 5.32 Å². The fourth-order valence-electron chi connectivity index (χ4n) is 1.87. The van der Waals surface area contributed by atoms with E-state index in [0.717, 1.165) is 0 Å². The van der Waals surface area contributed by atoms with E-state index in [-0.39, 0.29) is 17.7 Å². The van der Waals surface area contributed by atoms with E-state index in [1.807, 2.05) is 20.8 Å². The number of benzene rings is 1. The Hall–Kier alpha value is -1.62. The lowest BCUT2D eigenvalue weighted by Crippen LogP contribution is -2.38. The van der Waals surface area contributed by atoms with Crippen molar-refractivity contribution < 1.29 is 13.9 Å². The van der Waals surface area contributed by atoms with Gasteiger partial charge in [0.2, 0.25) is 0 Å². The zero-order valence-electron chi connectivity index (χ0n) is 13.2. The highest BCUT2D eigenvalue weighted by molar-refractivity contribution is 5.80. The molecule has 21 heavy (non-hydrogen) atoms. The lowest BCUT2D eigenvalue weighted by molar-refractivity contribution is -0.127. The third kappa shape index (κ3) is 5.71. The molecule has 1 aromatic rings. The molecule has 0 saturated carbocycles. The Morgan fingerprint density at radius 3 is 2.57 bits per heavy atom. The summed E-state index contributed by atoms with van der Waals surface area (Å²) in [5.41, 5.74) is 6.43. The number of nitrogens with one attached hydrogen (secondary N) is 1. The second-order valence-corrected chi connectivity index (χ2v) is 5.81. The van der Waals surface area contributed by atoms with Gasteiger partial charge in [0, 0.05) is 12.6 Å². The molecule has 1 aromatic carbocycles. The number of para-hydroxylation sites is 1. The maximum absolute atomic E-state index is 13.9. The molecule has 2 unspecified atom stereocenters. The average molecular weight is 296 g/mol. The summed E-state index contributed by atoms with van der Waals surface area (Å²) in [6.07, 6.45) is -0.263. The summed E-state index contributed by atoms with van der Waals surface area (Å²) in [6, 6.07) is 4.59. The number of amides is 1. The number of hydrogen-bond donors (Lipinski definition) is 2. The van der Waals surface area contributed by atoms with Gasteiger partial charge in [0.05, 0.1) is 0 Å². The van der Waals surface area contributed by atoms with Crippen LogP contribution < -0.4 is 15.8 Å². The maximum Gasteiger partial charge on any atom is 0.260 e. The van der Waals surface area contributed by atoms with Crippen LogP contribution in [-0.2, 0) is 11.2 Å². The lowest BCUT2D eigenvalue weighted by Gasteiger charge is -2.19. The van der Waals surface area contributed by atoms with Gasteiger partial charge < -0.3 is 15.8 Å². The van der Waals surface area contributed by atoms with Gasteiger partial charge >= 0.3 is 0 Å². The topological polar surface area (TPSA) is 64.3 Å². The summed E-state index contributed by atoms with van der Waals surface area (Å²) in [5.74, 6) is -0.263. The SMILES string of the molecule is CC(C)CNC(=O)C(C)Oc1c(F)cccc1CC(C)N. The van der Waals surface area contributed by atoms with E-state index in [4.69, 9.17) is 10.5 Å². The number of ether oxygens (including phenoxy) is 1. The molecule has 0 aliphatic rings. The van der Waals surface area contributed by atoms with Crippen molar-refractivity contribution in [2.75, 3.05) is 6.54 Å². The molecule has 1 rings (SSSR count). The first-order chi connectivity index (χ1) is 9.81. The van der Waals surface area contributed by atoms with Crippen LogP contribution in [0.15, 0.2) is 18.2 Å². The summed E-state index contributed by atoms with van der Waals surface area (Å²) >= 11 is 0. The average Bonchev–Trinajstić information content (AvgIpc) is 2.39.